The van der Waals surface area contributed by atoms with Crippen molar-refractivity contribution in [1.82, 2.24) is 10.9 Å². The zero-order chi connectivity index (χ0) is 15.8. The van der Waals surface area contributed by atoms with Gasteiger partial charge < -0.3 is 4.74 Å². The maximum Gasteiger partial charge on any atom is 0.276 e. The fourth-order valence-corrected chi connectivity index (χ4v) is 1.61. The summed E-state index contributed by atoms with van der Waals surface area (Å²) in [5.74, 6) is 0.522. The van der Waals surface area contributed by atoms with E-state index >= 15 is 0 Å². The molecule has 0 bridgehead atoms. The quantitative estimate of drug-likeness (QED) is 0.790. The molecule has 2 amide bonds. The third kappa shape index (κ3) is 6.79. The fraction of sp³-hybridized carbons (Fsp3) is 0.500. The van der Waals surface area contributed by atoms with Crippen molar-refractivity contribution >= 4 is 11.8 Å². The average Bonchev–Trinajstić information content (AvgIpc) is 2.44. The minimum absolute atomic E-state index is 0.132. The molecule has 5 nitrogen and oxygen atoms in total. The molecule has 0 fully saturated rings. The van der Waals surface area contributed by atoms with Crippen LogP contribution >= 0.6 is 0 Å². The van der Waals surface area contributed by atoms with E-state index in [1.54, 1.807) is 0 Å². The van der Waals surface area contributed by atoms with Crippen molar-refractivity contribution in [2.24, 2.45) is 5.92 Å². The molecule has 21 heavy (non-hydrogen) atoms. The summed E-state index contributed by atoms with van der Waals surface area (Å²) in [6.07, 6.45) is 1.19. The van der Waals surface area contributed by atoms with Gasteiger partial charge in [-0.3, -0.25) is 20.4 Å². The summed E-state index contributed by atoms with van der Waals surface area (Å²) in [5, 5.41) is 0. The number of benzene rings is 1. The van der Waals surface area contributed by atoms with Crippen LogP contribution in [-0.2, 0) is 9.59 Å². The number of hydrazine groups is 1. The lowest BCUT2D eigenvalue weighted by molar-refractivity contribution is -0.130. The van der Waals surface area contributed by atoms with Crippen molar-refractivity contribution in [2.75, 3.05) is 6.61 Å². The summed E-state index contributed by atoms with van der Waals surface area (Å²) in [6.45, 7) is 7.95. The minimum Gasteiger partial charge on any atom is -0.484 e. The molecule has 1 rings (SSSR count). The van der Waals surface area contributed by atoms with Crippen LogP contribution in [0.15, 0.2) is 18.2 Å². The van der Waals surface area contributed by atoms with E-state index in [0.717, 1.165) is 12.0 Å². The molecule has 1 aromatic rings. The molecule has 0 heterocycles. The van der Waals surface area contributed by atoms with Crippen LogP contribution in [0.2, 0.25) is 0 Å². The zero-order valence-corrected chi connectivity index (χ0v) is 13.2. The van der Waals surface area contributed by atoms with Crippen LogP contribution in [0.4, 0.5) is 0 Å². The first-order valence-electron chi connectivity index (χ1n) is 7.16. The van der Waals surface area contributed by atoms with Crippen LogP contribution in [-0.4, -0.2) is 18.4 Å². The normalized spacial score (nSPS) is 10.3. The number of rotatable bonds is 6. The van der Waals surface area contributed by atoms with Crippen LogP contribution in [0.5, 0.6) is 5.75 Å². The van der Waals surface area contributed by atoms with Gasteiger partial charge in [0.15, 0.2) is 6.61 Å². The van der Waals surface area contributed by atoms with Crippen LogP contribution in [0.1, 0.15) is 37.8 Å². The zero-order valence-electron chi connectivity index (χ0n) is 13.2. The Morgan fingerprint density at radius 2 is 1.76 bits per heavy atom. The topological polar surface area (TPSA) is 67.4 Å². The first-order chi connectivity index (χ1) is 9.88. The largest absolute Gasteiger partial charge is 0.484 e. The molecule has 2 N–H and O–H groups in total. The highest BCUT2D eigenvalue weighted by Crippen LogP contribution is 2.16. The number of hydrogen-bond acceptors (Lipinski definition) is 3. The Morgan fingerprint density at radius 1 is 1.10 bits per heavy atom. The van der Waals surface area contributed by atoms with Crippen molar-refractivity contribution in [3.05, 3.63) is 29.3 Å². The van der Waals surface area contributed by atoms with Gasteiger partial charge in [0.05, 0.1) is 0 Å². The summed E-state index contributed by atoms with van der Waals surface area (Å²) in [6, 6.07) is 5.64. The van der Waals surface area contributed by atoms with Crippen molar-refractivity contribution in [1.29, 1.82) is 0 Å². The van der Waals surface area contributed by atoms with Gasteiger partial charge in [0.25, 0.3) is 5.91 Å². The van der Waals surface area contributed by atoms with Crippen LogP contribution in [0, 0.1) is 19.8 Å². The predicted molar refractivity (Wildman–Crippen MR) is 81.8 cm³/mol. The van der Waals surface area contributed by atoms with Gasteiger partial charge in [-0.05, 0) is 49.4 Å². The molecular weight excluding hydrogens is 268 g/mol. The van der Waals surface area contributed by atoms with Crippen molar-refractivity contribution < 1.29 is 14.3 Å². The van der Waals surface area contributed by atoms with Gasteiger partial charge in [-0.15, -0.1) is 0 Å². The molecule has 0 aliphatic heterocycles. The van der Waals surface area contributed by atoms with Crippen molar-refractivity contribution in [2.45, 2.75) is 40.5 Å². The Bertz CT molecular complexity index is 498. The number of amides is 2. The number of aryl methyl sites for hydroxylation is 2. The molecule has 0 aliphatic rings. The van der Waals surface area contributed by atoms with E-state index in [1.807, 2.05) is 45.9 Å². The summed E-state index contributed by atoms with van der Waals surface area (Å²) in [7, 11) is 0. The molecule has 0 radical (unpaired) electrons. The minimum atomic E-state index is -0.383. The Balaban J connectivity index is 2.27. The van der Waals surface area contributed by atoms with E-state index in [2.05, 4.69) is 10.9 Å². The second-order valence-corrected chi connectivity index (χ2v) is 5.56. The van der Waals surface area contributed by atoms with Gasteiger partial charge in [0.1, 0.15) is 5.75 Å². The maximum absolute atomic E-state index is 11.6. The van der Waals surface area contributed by atoms with Crippen LogP contribution in [0.25, 0.3) is 0 Å². The van der Waals surface area contributed by atoms with Crippen LogP contribution in [0.3, 0.4) is 0 Å². The SMILES string of the molecule is Cc1ccc(OCC(=O)NNC(=O)CCC(C)C)cc1C. The Hall–Kier alpha value is -2.04. The fourth-order valence-electron chi connectivity index (χ4n) is 1.61. The standard InChI is InChI=1S/C16H24N2O3/c1-11(2)5-8-15(19)17-18-16(20)10-21-14-7-6-12(3)13(4)9-14/h6-7,9,11H,5,8,10H2,1-4H3,(H,17,19)(H,18,20). The first kappa shape index (κ1) is 17.0. The molecule has 0 spiro atoms. The van der Waals surface area contributed by atoms with E-state index in [4.69, 9.17) is 4.74 Å². The number of nitrogens with one attached hydrogen (secondary N) is 2. The average molecular weight is 292 g/mol. The van der Waals surface area contributed by atoms with Gasteiger partial charge in [0.2, 0.25) is 5.91 Å². The van der Waals surface area contributed by atoms with E-state index in [-0.39, 0.29) is 18.4 Å². The second kappa shape index (κ2) is 8.29. The number of ether oxygens (including phenoxy) is 1. The molecule has 0 saturated heterocycles. The maximum atomic E-state index is 11.6. The molecule has 116 valence electrons. The Kier molecular flexibility index (Phi) is 6.72. The molecule has 0 aliphatic carbocycles. The highest BCUT2D eigenvalue weighted by Gasteiger charge is 2.07. The monoisotopic (exact) mass is 292 g/mol. The highest BCUT2D eigenvalue weighted by molar-refractivity contribution is 5.82. The van der Waals surface area contributed by atoms with Crippen LogP contribution < -0.4 is 15.6 Å². The van der Waals surface area contributed by atoms with Crippen molar-refractivity contribution in [3.63, 3.8) is 0 Å². The third-order valence-electron chi connectivity index (χ3n) is 3.14. The lowest BCUT2D eigenvalue weighted by atomic mass is 10.1. The van der Waals surface area contributed by atoms with E-state index < -0.39 is 0 Å². The van der Waals surface area contributed by atoms with E-state index in [1.165, 1.54) is 5.56 Å². The molecular formula is C16H24N2O3. The molecule has 0 atom stereocenters. The number of carbonyl (C=O) groups is 2. The highest BCUT2D eigenvalue weighted by atomic mass is 16.5. The Morgan fingerprint density at radius 3 is 2.38 bits per heavy atom. The smallest absolute Gasteiger partial charge is 0.276 e. The lowest BCUT2D eigenvalue weighted by Crippen LogP contribution is -2.43. The number of hydrogen-bond donors (Lipinski definition) is 2. The second-order valence-electron chi connectivity index (χ2n) is 5.56. The molecule has 0 saturated carbocycles. The van der Waals surface area contributed by atoms with E-state index in [9.17, 15) is 9.59 Å². The first-order valence-corrected chi connectivity index (χ1v) is 7.16. The van der Waals surface area contributed by atoms with Gasteiger partial charge in [-0.25, -0.2) is 0 Å². The lowest BCUT2D eigenvalue weighted by Gasteiger charge is -2.10. The number of carbonyl (C=O) groups excluding carboxylic acids is 2. The van der Waals surface area contributed by atoms with E-state index in [0.29, 0.717) is 18.1 Å². The molecule has 0 aromatic heterocycles. The summed E-state index contributed by atoms with van der Waals surface area (Å²) >= 11 is 0. The van der Waals surface area contributed by atoms with Crippen molar-refractivity contribution in [3.8, 4) is 5.75 Å². The van der Waals surface area contributed by atoms with Gasteiger partial charge >= 0.3 is 0 Å². The van der Waals surface area contributed by atoms with Gasteiger partial charge in [-0.2, -0.15) is 0 Å². The summed E-state index contributed by atoms with van der Waals surface area (Å²) < 4.78 is 5.37. The predicted octanol–water partition coefficient (Wildman–Crippen LogP) is 2.27. The van der Waals surface area contributed by atoms with Gasteiger partial charge in [0, 0.05) is 6.42 Å². The summed E-state index contributed by atoms with van der Waals surface area (Å²) in [4.78, 5) is 23.0. The molecule has 1 aromatic carbocycles. The Labute approximate surface area is 126 Å². The molecule has 0 unspecified atom stereocenters. The summed E-state index contributed by atoms with van der Waals surface area (Å²) in [5.41, 5.74) is 6.99. The molecule has 5 heteroatoms. The van der Waals surface area contributed by atoms with Gasteiger partial charge in [-0.1, -0.05) is 19.9 Å². The third-order valence-corrected chi connectivity index (χ3v) is 3.14.